The zero-order valence-corrected chi connectivity index (χ0v) is 17.7. The van der Waals surface area contributed by atoms with Gasteiger partial charge in [-0.3, -0.25) is 9.71 Å². The summed E-state index contributed by atoms with van der Waals surface area (Å²) in [7, 11) is -2.80. The molecule has 3 aromatic rings. The van der Waals surface area contributed by atoms with E-state index in [1.807, 2.05) is 9.44 Å². The first kappa shape index (κ1) is 23.4. The molecule has 0 aliphatic carbocycles. The van der Waals surface area contributed by atoms with Crippen LogP contribution in [0.15, 0.2) is 42.9 Å². The first-order chi connectivity index (χ1) is 15.1. The van der Waals surface area contributed by atoms with Crippen LogP contribution in [0.3, 0.4) is 0 Å². The summed E-state index contributed by atoms with van der Waals surface area (Å²) in [5.74, 6) is -2.43. The fraction of sp³-hybridized carbons (Fsp3) is 0.200. The van der Waals surface area contributed by atoms with Crippen LogP contribution in [0, 0.1) is 18.6 Å². The number of benzene rings is 1. The van der Waals surface area contributed by atoms with E-state index in [0.717, 1.165) is 19.2 Å². The lowest BCUT2D eigenvalue weighted by Gasteiger charge is -2.14. The molecule has 0 saturated carbocycles. The van der Waals surface area contributed by atoms with E-state index in [-0.39, 0.29) is 23.5 Å². The number of aromatic nitrogens is 2. The number of hydrogen-bond acceptors (Lipinski definition) is 5. The molecule has 0 fully saturated rings. The molecule has 2 aromatic heterocycles. The lowest BCUT2D eigenvalue weighted by atomic mass is 10.0. The Balaban J connectivity index is 1.87. The van der Waals surface area contributed by atoms with Crippen LogP contribution in [0.4, 0.5) is 23.4 Å². The molecule has 2 N–H and O–H groups in total. The Morgan fingerprint density at radius 1 is 1.09 bits per heavy atom. The Morgan fingerprint density at radius 3 is 2.50 bits per heavy atom. The van der Waals surface area contributed by atoms with Crippen molar-refractivity contribution in [2.75, 3.05) is 11.8 Å². The van der Waals surface area contributed by atoms with Crippen molar-refractivity contribution in [2.24, 2.45) is 0 Å². The molecule has 0 saturated heterocycles. The summed E-state index contributed by atoms with van der Waals surface area (Å²) in [5, 5.41) is 0. The zero-order chi connectivity index (χ0) is 23.5. The molecule has 0 aliphatic rings. The van der Waals surface area contributed by atoms with E-state index in [2.05, 4.69) is 9.97 Å². The van der Waals surface area contributed by atoms with Crippen LogP contribution in [0.1, 0.15) is 28.7 Å². The second kappa shape index (κ2) is 9.49. The minimum absolute atomic E-state index is 0.00543. The summed E-state index contributed by atoms with van der Waals surface area (Å²) in [6, 6.07) is 4.20. The second-order valence-electron chi connectivity index (χ2n) is 6.63. The van der Waals surface area contributed by atoms with Crippen molar-refractivity contribution in [2.45, 2.75) is 19.8 Å². The number of hydrogen-bond donors (Lipinski definition) is 2. The maximum atomic E-state index is 14.8. The minimum atomic E-state index is -3.96. The smallest absolute Gasteiger partial charge is 0.300 e. The van der Waals surface area contributed by atoms with E-state index in [9.17, 15) is 26.0 Å². The van der Waals surface area contributed by atoms with Crippen LogP contribution in [0.2, 0.25) is 0 Å². The molecule has 1 aromatic carbocycles. The highest BCUT2D eigenvalue weighted by Gasteiger charge is 2.18. The van der Waals surface area contributed by atoms with Gasteiger partial charge in [-0.05, 0) is 47.9 Å². The van der Waals surface area contributed by atoms with Gasteiger partial charge in [0.05, 0.1) is 6.20 Å². The van der Waals surface area contributed by atoms with Gasteiger partial charge in [0.1, 0.15) is 5.75 Å². The molecule has 0 aliphatic heterocycles. The van der Waals surface area contributed by atoms with Crippen molar-refractivity contribution in [1.82, 2.24) is 14.7 Å². The van der Waals surface area contributed by atoms with Gasteiger partial charge in [0.2, 0.25) is 0 Å². The van der Waals surface area contributed by atoms with Gasteiger partial charge in [-0.1, -0.05) is 0 Å². The van der Waals surface area contributed by atoms with Gasteiger partial charge in [-0.25, -0.2) is 27.3 Å². The molecule has 170 valence electrons. The number of anilines is 1. The fourth-order valence-electron chi connectivity index (χ4n) is 2.76. The van der Waals surface area contributed by atoms with Gasteiger partial charge >= 0.3 is 0 Å². The average molecular weight is 470 g/mol. The quantitative estimate of drug-likeness (QED) is 0.480. The second-order valence-corrected chi connectivity index (χ2v) is 8.25. The highest BCUT2D eigenvalue weighted by Crippen LogP contribution is 2.31. The molecule has 2 heterocycles. The van der Waals surface area contributed by atoms with E-state index in [1.54, 1.807) is 6.92 Å². The van der Waals surface area contributed by atoms with Crippen LogP contribution >= 0.6 is 0 Å². The lowest BCUT2D eigenvalue weighted by molar-refractivity contribution is 0.151. The highest BCUT2D eigenvalue weighted by atomic mass is 32.2. The van der Waals surface area contributed by atoms with Gasteiger partial charge < -0.3 is 4.74 Å². The zero-order valence-electron chi connectivity index (χ0n) is 16.9. The van der Waals surface area contributed by atoms with Gasteiger partial charge in [0.15, 0.2) is 23.2 Å². The van der Waals surface area contributed by atoms with E-state index in [0.29, 0.717) is 17.2 Å². The SMILES string of the molecule is CNS(=O)(=O)Nc1nccc(Cc2cncc(Oc3ccc(C(F)F)cc3F)c2C)c1F. The summed E-state index contributed by atoms with van der Waals surface area (Å²) in [4.78, 5) is 7.71. The van der Waals surface area contributed by atoms with Crippen molar-refractivity contribution in [1.29, 1.82) is 0 Å². The first-order valence-electron chi connectivity index (χ1n) is 9.15. The molecule has 0 spiro atoms. The van der Waals surface area contributed by atoms with Crippen LogP contribution < -0.4 is 14.2 Å². The molecular weight excluding hydrogens is 452 g/mol. The maximum absolute atomic E-state index is 14.8. The third-order valence-electron chi connectivity index (χ3n) is 4.55. The number of rotatable bonds is 8. The van der Waals surface area contributed by atoms with E-state index >= 15 is 0 Å². The average Bonchev–Trinajstić information content (AvgIpc) is 2.74. The van der Waals surface area contributed by atoms with E-state index < -0.39 is 39.7 Å². The summed E-state index contributed by atoms with van der Waals surface area (Å²) in [6.45, 7) is 1.64. The molecule has 0 radical (unpaired) electrons. The molecule has 0 amide bonds. The largest absolute Gasteiger partial charge is 0.452 e. The third kappa shape index (κ3) is 5.32. The predicted molar refractivity (Wildman–Crippen MR) is 109 cm³/mol. The van der Waals surface area contributed by atoms with Crippen molar-refractivity contribution >= 4 is 16.0 Å². The number of halogens is 4. The highest BCUT2D eigenvalue weighted by molar-refractivity contribution is 7.90. The van der Waals surface area contributed by atoms with Crippen molar-refractivity contribution in [3.8, 4) is 11.5 Å². The van der Waals surface area contributed by atoms with Gasteiger partial charge in [0.25, 0.3) is 16.6 Å². The molecule has 0 unspecified atom stereocenters. The number of alkyl halides is 2. The Bertz CT molecular complexity index is 1240. The maximum Gasteiger partial charge on any atom is 0.300 e. The molecule has 3 rings (SSSR count). The lowest BCUT2D eigenvalue weighted by Crippen LogP contribution is -2.27. The number of ether oxygens (including phenoxy) is 1. The summed E-state index contributed by atoms with van der Waals surface area (Å²) in [5.41, 5.74) is 0.671. The Morgan fingerprint density at radius 2 is 1.84 bits per heavy atom. The molecule has 0 bridgehead atoms. The van der Waals surface area contributed by atoms with E-state index in [4.69, 9.17) is 4.74 Å². The fourth-order valence-corrected chi connectivity index (χ4v) is 3.26. The van der Waals surface area contributed by atoms with Crippen LogP contribution in [-0.4, -0.2) is 25.4 Å². The molecule has 32 heavy (non-hydrogen) atoms. The molecule has 12 heteroatoms. The Kier molecular flexibility index (Phi) is 6.94. The van der Waals surface area contributed by atoms with Gasteiger partial charge in [0, 0.05) is 31.4 Å². The van der Waals surface area contributed by atoms with Crippen molar-refractivity contribution in [3.63, 3.8) is 0 Å². The monoisotopic (exact) mass is 470 g/mol. The topological polar surface area (TPSA) is 93.2 Å². The standard InChI is InChI=1S/C20H18F4N4O3S/c1-11-14(7-12-5-6-27-20(18(12)22)28-32(29,30)25-2)9-26-10-17(11)31-16-4-3-13(19(23)24)8-15(16)21/h3-6,8-10,19,25H,7H2,1-2H3,(H,27,28). The summed E-state index contributed by atoms with van der Waals surface area (Å²) < 4.78 is 87.1. The molecule has 0 atom stereocenters. The van der Waals surface area contributed by atoms with Gasteiger partial charge in [-0.2, -0.15) is 8.42 Å². The minimum Gasteiger partial charge on any atom is -0.452 e. The summed E-state index contributed by atoms with van der Waals surface area (Å²) >= 11 is 0. The summed E-state index contributed by atoms with van der Waals surface area (Å²) in [6.07, 6.45) is 1.20. The Labute approximate surface area is 181 Å². The first-order valence-corrected chi connectivity index (χ1v) is 10.6. The van der Waals surface area contributed by atoms with Crippen LogP contribution in [-0.2, 0) is 16.6 Å². The van der Waals surface area contributed by atoms with Gasteiger partial charge in [-0.15, -0.1) is 0 Å². The van der Waals surface area contributed by atoms with E-state index in [1.165, 1.54) is 24.7 Å². The van der Waals surface area contributed by atoms with Crippen LogP contribution in [0.5, 0.6) is 11.5 Å². The predicted octanol–water partition coefficient (Wildman–Crippen LogP) is 4.26. The third-order valence-corrected chi connectivity index (χ3v) is 5.55. The number of pyridine rings is 2. The van der Waals surface area contributed by atoms with Crippen LogP contribution in [0.25, 0.3) is 0 Å². The Hall–Kier alpha value is -3.25. The van der Waals surface area contributed by atoms with Crippen molar-refractivity contribution in [3.05, 3.63) is 76.7 Å². The van der Waals surface area contributed by atoms with Crippen molar-refractivity contribution < 1.29 is 30.7 Å². The molecule has 7 nitrogen and oxygen atoms in total. The normalized spacial score (nSPS) is 11.6. The number of nitrogens with one attached hydrogen (secondary N) is 2. The number of nitrogens with zero attached hydrogens (tertiary/aromatic N) is 2. The molecular formula is C20H18F4N4O3S.